The Morgan fingerprint density at radius 3 is 2.74 bits per heavy atom. The van der Waals surface area contributed by atoms with Crippen molar-refractivity contribution in [3.63, 3.8) is 0 Å². The Hall–Kier alpha value is -1.72. The Balaban J connectivity index is 2.13. The lowest BCUT2D eigenvalue weighted by molar-refractivity contribution is -0.129. The molecule has 0 radical (unpaired) electrons. The highest BCUT2D eigenvalue weighted by molar-refractivity contribution is 6.32. The normalized spacial score (nSPS) is 21.5. The van der Waals surface area contributed by atoms with Gasteiger partial charge >= 0.3 is 0 Å². The number of methoxy groups -OCH3 is 2. The van der Waals surface area contributed by atoms with E-state index in [-0.39, 0.29) is 18.0 Å². The van der Waals surface area contributed by atoms with E-state index in [4.69, 9.17) is 26.8 Å². The molecule has 2 unspecified atom stereocenters. The second-order valence-corrected chi connectivity index (χ2v) is 6.14. The smallest absolute Gasteiger partial charge is 0.246 e. The van der Waals surface area contributed by atoms with Gasteiger partial charge < -0.3 is 20.1 Å². The van der Waals surface area contributed by atoms with Crippen molar-refractivity contribution in [1.29, 1.82) is 0 Å². The lowest BCUT2D eigenvalue weighted by Gasteiger charge is -2.35. The molecule has 1 amide bonds. The molecule has 1 saturated heterocycles. The van der Waals surface area contributed by atoms with Gasteiger partial charge in [-0.2, -0.15) is 0 Å². The first-order chi connectivity index (χ1) is 11.0. The Kier molecular flexibility index (Phi) is 5.91. The summed E-state index contributed by atoms with van der Waals surface area (Å²) in [5, 5.41) is 0.441. The molecule has 0 bridgehead atoms. The number of hydrogen-bond donors (Lipinski definition) is 1. The number of likely N-dealkylation sites (tertiary alicyclic amines) is 1. The lowest BCUT2D eigenvalue weighted by Crippen LogP contribution is -2.47. The minimum absolute atomic E-state index is 0.0182. The molecule has 23 heavy (non-hydrogen) atoms. The molecule has 6 heteroatoms. The second-order valence-electron chi connectivity index (χ2n) is 5.74. The quantitative estimate of drug-likeness (QED) is 0.857. The van der Waals surface area contributed by atoms with Crippen LogP contribution in [0.4, 0.5) is 0 Å². The fourth-order valence-electron chi connectivity index (χ4n) is 2.83. The number of carbonyl (C=O) groups is 1. The van der Waals surface area contributed by atoms with Crippen LogP contribution >= 0.6 is 11.6 Å². The molecule has 1 aromatic rings. The van der Waals surface area contributed by atoms with E-state index in [1.165, 1.54) is 7.11 Å². The largest absolute Gasteiger partial charge is 0.493 e. The van der Waals surface area contributed by atoms with Gasteiger partial charge in [0.05, 0.1) is 19.2 Å². The molecule has 0 aromatic heterocycles. The molecule has 2 N–H and O–H groups in total. The van der Waals surface area contributed by atoms with Crippen LogP contribution in [0.5, 0.6) is 11.5 Å². The van der Waals surface area contributed by atoms with Gasteiger partial charge in [-0.05, 0) is 43.5 Å². The monoisotopic (exact) mass is 338 g/mol. The molecular formula is C17H23ClN2O3. The maximum absolute atomic E-state index is 12.4. The zero-order valence-electron chi connectivity index (χ0n) is 13.7. The summed E-state index contributed by atoms with van der Waals surface area (Å²) in [7, 11) is 3.08. The first-order valence-corrected chi connectivity index (χ1v) is 7.99. The van der Waals surface area contributed by atoms with Crippen LogP contribution in [0, 0.1) is 0 Å². The van der Waals surface area contributed by atoms with Crippen LogP contribution in [0.3, 0.4) is 0 Å². The number of benzene rings is 1. The maximum atomic E-state index is 12.4. The number of ether oxygens (including phenoxy) is 2. The minimum Gasteiger partial charge on any atom is -0.493 e. The number of halogens is 1. The Morgan fingerprint density at radius 2 is 2.13 bits per heavy atom. The summed E-state index contributed by atoms with van der Waals surface area (Å²) in [6.45, 7) is 2.72. The number of amides is 1. The number of hydrogen-bond acceptors (Lipinski definition) is 4. The first-order valence-electron chi connectivity index (χ1n) is 7.62. The summed E-state index contributed by atoms with van der Waals surface area (Å²) in [4.78, 5) is 14.2. The standard InChI is InChI=1S/C17H23ClN2O3/c1-11-8-13(19)6-7-20(11)16(21)5-4-12-9-14(18)17(23-3)15(10-12)22-2/h4-5,9-11,13H,6-8,19H2,1-3H3/b5-4+. The number of nitrogens with zero attached hydrogens (tertiary/aromatic N) is 1. The van der Waals surface area contributed by atoms with E-state index in [2.05, 4.69) is 0 Å². The van der Waals surface area contributed by atoms with Crippen LogP contribution < -0.4 is 15.2 Å². The topological polar surface area (TPSA) is 64.8 Å². The SMILES string of the molecule is COc1cc(/C=C/C(=O)N2CCC(N)CC2C)cc(Cl)c1OC. The van der Waals surface area contributed by atoms with Gasteiger partial charge in [-0.25, -0.2) is 0 Å². The second kappa shape index (κ2) is 7.70. The van der Waals surface area contributed by atoms with Crippen LogP contribution in [0.1, 0.15) is 25.3 Å². The molecule has 2 rings (SSSR count). The van der Waals surface area contributed by atoms with Crippen molar-refractivity contribution in [1.82, 2.24) is 4.90 Å². The summed E-state index contributed by atoms with van der Waals surface area (Å²) in [5.41, 5.74) is 6.71. The van der Waals surface area contributed by atoms with Gasteiger partial charge in [-0.1, -0.05) is 11.6 Å². The van der Waals surface area contributed by atoms with Crippen LogP contribution in [0.2, 0.25) is 5.02 Å². The van der Waals surface area contributed by atoms with Crippen molar-refractivity contribution in [3.8, 4) is 11.5 Å². The molecule has 126 valence electrons. The van der Waals surface area contributed by atoms with Crippen LogP contribution in [0.15, 0.2) is 18.2 Å². The third-order valence-corrected chi connectivity index (χ3v) is 4.35. The molecule has 1 aliphatic heterocycles. The van der Waals surface area contributed by atoms with E-state index < -0.39 is 0 Å². The summed E-state index contributed by atoms with van der Waals surface area (Å²) in [5.74, 6) is 0.996. The lowest BCUT2D eigenvalue weighted by atomic mass is 9.99. The van der Waals surface area contributed by atoms with Crippen LogP contribution in [0.25, 0.3) is 6.08 Å². The third kappa shape index (κ3) is 4.18. The van der Waals surface area contributed by atoms with Crippen molar-refractivity contribution < 1.29 is 14.3 Å². The third-order valence-electron chi connectivity index (χ3n) is 4.07. The van der Waals surface area contributed by atoms with Crippen molar-refractivity contribution in [2.24, 2.45) is 5.73 Å². The highest BCUT2D eigenvalue weighted by Gasteiger charge is 2.25. The molecule has 1 fully saturated rings. The van der Waals surface area contributed by atoms with E-state index in [0.717, 1.165) is 18.4 Å². The molecule has 0 aliphatic carbocycles. The van der Waals surface area contributed by atoms with E-state index in [1.807, 2.05) is 11.8 Å². The van der Waals surface area contributed by atoms with Gasteiger partial charge in [-0.3, -0.25) is 4.79 Å². The summed E-state index contributed by atoms with van der Waals surface area (Å²) >= 11 is 6.17. The Bertz CT molecular complexity index is 604. The van der Waals surface area contributed by atoms with Crippen LogP contribution in [-0.4, -0.2) is 43.7 Å². The predicted molar refractivity (Wildman–Crippen MR) is 92.0 cm³/mol. The van der Waals surface area contributed by atoms with Gasteiger partial charge in [0, 0.05) is 24.7 Å². The number of nitrogens with two attached hydrogens (primary N) is 1. The van der Waals surface area contributed by atoms with Gasteiger partial charge in [0.25, 0.3) is 0 Å². The minimum atomic E-state index is -0.0182. The summed E-state index contributed by atoms with van der Waals surface area (Å²) in [6.07, 6.45) is 4.97. The molecule has 0 spiro atoms. The van der Waals surface area contributed by atoms with Gasteiger partial charge in [-0.15, -0.1) is 0 Å². The fraction of sp³-hybridized carbons (Fsp3) is 0.471. The number of piperidine rings is 1. The molecule has 1 aromatic carbocycles. The van der Waals surface area contributed by atoms with E-state index in [1.54, 1.807) is 31.4 Å². The number of carbonyl (C=O) groups excluding carboxylic acids is 1. The zero-order chi connectivity index (χ0) is 17.0. The van der Waals surface area contributed by atoms with Gasteiger partial charge in [0.15, 0.2) is 11.5 Å². The maximum Gasteiger partial charge on any atom is 0.246 e. The molecule has 0 saturated carbocycles. The van der Waals surface area contributed by atoms with Crippen molar-refractivity contribution in [2.45, 2.75) is 31.8 Å². The predicted octanol–water partition coefficient (Wildman–Crippen LogP) is 2.71. The van der Waals surface area contributed by atoms with Crippen molar-refractivity contribution in [3.05, 3.63) is 28.8 Å². The highest BCUT2D eigenvalue weighted by Crippen LogP contribution is 2.36. The van der Waals surface area contributed by atoms with E-state index >= 15 is 0 Å². The zero-order valence-corrected chi connectivity index (χ0v) is 14.5. The average molecular weight is 339 g/mol. The van der Waals surface area contributed by atoms with E-state index in [0.29, 0.717) is 23.1 Å². The van der Waals surface area contributed by atoms with Crippen LogP contribution in [-0.2, 0) is 4.79 Å². The molecule has 1 aliphatic rings. The number of rotatable bonds is 4. The fourth-order valence-corrected chi connectivity index (χ4v) is 3.13. The molecule has 1 heterocycles. The summed E-state index contributed by atoms with van der Waals surface area (Å²) in [6, 6.07) is 3.86. The van der Waals surface area contributed by atoms with Gasteiger partial charge in [0.2, 0.25) is 5.91 Å². The summed E-state index contributed by atoms with van der Waals surface area (Å²) < 4.78 is 10.5. The molecule has 2 atom stereocenters. The van der Waals surface area contributed by atoms with E-state index in [9.17, 15) is 4.79 Å². The highest BCUT2D eigenvalue weighted by atomic mass is 35.5. The average Bonchev–Trinajstić information content (AvgIpc) is 2.51. The van der Waals surface area contributed by atoms with Crippen molar-refractivity contribution >= 4 is 23.6 Å². The molecular weight excluding hydrogens is 316 g/mol. The Labute approximate surface area is 142 Å². The van der Waals surface area contributed by atoms with Crippen molar-refractivity contribution in [2.75, 3.05) is 20.8 Å². The Morgan fingerprint density at radius 1 is 1.39 bits per heavy atom. The first kappa shape index (κ1) is 17.6. The molecule has 5 nitrogen and oxygen atoms in total. The van der Waals surface area contributed by atoms with Gasteiger partial charge in [0.1, 0.15) is 0 Å².